The van der Waals surface area contributed by atoms with E-state index in [4.69, 9.17) is 9.84 Å². The van der Waals surface area contributed by atoms with Crippen LogP contribution in [-0.2, 0) is 4.79 Å². The summed E-state index contributed by atoms with van der Waals surface area (Å²) in [7, 11) is 0. The maximum Gasteiger partial charge on any atom is 0.317 e. The van der Waals surface area contributed by atoms with Gasteiger partial charge in [0.15, 0.2) is 0 Å². The van der Waals surface area contributed by atoms with Crippen LogP contribution >= 0.6 is 0 Å². The summed E-state index contributed by atoms with van der Waals surface area (Å²) < 4.78 is 5.59. The molecular formula is C12H15NO3. The number of ether oxygens (including phenoxy) is 1. The lowest BCUT2D eigenvalue weighted by Crippen LogP contribution is -2.36. The van der Waals surface area contributed by atoms with Crippen LogP contribution in [-0.4, -0.2) is 24.2 Å². The van der Waals surface area contributed by atoms with E-state index in [0.29, 0.717) is 6.61 Å². The van der Waals surface area contributed by atoms with E-state index in [1.165, 1.54) is 0 Å². The molecule has 0 radical (unpaired) electrons. The summed E-state index contributed by atoms with van der Waals surface area (Å²) in [6.45, 7) is 2.65. The average Bonchev–Trinajstić information content (AvgIpc) is 2.27. The molecule has 1 aliphatic rings. The third-order valence-corrected chi connectivity index (χ3v) is 2.80. The van der Waals surface area contributed by atoms with E-state index in [0.717, 1.165) is 11.3 Å². The minimum absolute atomic E-state index is 0.0245. The number of carbonyl (C=O) groups is 1. The number of carboxylic acid groups (broad SMARTS) is 1. The first-order valence-electron chi connectivity index (χ1n) is 5.35. The Hall–Kier alpha value is -1.55. The first-order valence-corrected chi connectivity index (χ1v) is 5.35. The predicted molar refractivity (Wildman–Crippen MR) is 59.5 cm³/mol. The van der Waals surface area contributed by atoms with E-state index in [2.05, 4.69) is 12.2 Å². The Bertz CT molecular complexity index is 392. The van der Waals surface area contributed by atoms with Crippen LogP contribution in [0.15, 0.2) is 24.3 Å². The van der Waals surface area contributed by atoms with Crippen molar-refractivity contribution in [1.82, 2.24) is 5.32 Å². The average molecular weight is 221 g/mol. The molecule has 0 aliphatic carbocycles. The van der Waals surface area contributed by atoms with Crippen molar-refractivity contribution in [2.75, 3.05) is 13.2 Å². The smallest absolute Gasteiger partial charge is 0.317 e. The summed E-state index contributed by atoms with van der Waals surface area (Å²) in [5, 5.41) is 11.7. The topological polar surface area (TPSA) is 58.6 Å². The van der Waals surface area contributed by atoms with E-state index < -0.39 is 5.97 Å². The van der Waals surface area contributed by atoms with E-state index in [1.54, 1.807) is 0 Å². The number of aliphatic carboxylic acids is 1. The van der Waals surface area contributed by atoms with Gasteiger partial charge in [-0.2, -0.15) is 0 Å². The van der Waals surface area contributed by atoms with Crippen molar-refractivity contribution in [1.29, 1.82) is 0 Å². The highest BCUT2D eigenvalue weighted by Gasteiger charge is 2.27. The number of para-hydroxylation sites is 1. The zero-order chi connectivity index (χ0) is 11.5. The zero-order valence-electron chi connectivity index (χ0n) is 9.14. The fraction of sp³-hybridized carbons (Fsp3) is 0.417. The van der Waals surface area contributed by atoms with Gasteiger partial charge in [0.25, 0.3) is 0 Å². The number of rotatable bonds is 3. The Kier molecular flexibility index (Phi) is 3.10. The lowest BCUT2D eigenvalue weighted by molar-refractivity contribution is -0.136. The highest BCUT2D eigenvalue weighted by atomic mass is 16.5. The summed E-state index contributed by atoms with van der Waals surface area (Å²) in [5.74, 6) is 0.286. The predicted octanol–water partition coefficient (Wildman–Crippen LogP) is 1.43. The molecule has 2 unspecified atom stereocenters. The second-order valence-electron chi connectivity index (χ2n) is 4.08. The van der Waals surface area contributed by atoms with Crippen molar-refractivity contribution < 1.29 is 14.6 Å². The normalized spacial score (nSPS) is 23.3. The molecule has 1 heterocycles. The first kappa shape index (κ1) is 11.0. The van der Waals surface area contributed by atoms with Crippen LogP contribution in [0.4, 0.5) is 0 Å². The lowest BCUT2D eigenvalue weighted by atomic mass is 9.92. The molecule has 2 rings (SSSR count). The molecule has 0 amide bonds. The van der Waals surface area contributed by atoms with Crippen molar-refractivity contribution in [3.8, 4) is 5.75 Å². The standard InChI is InChI=1S/C12H15NO3/c1-8-7-16-10-5-3-2-4-9(10)12(8)13-6-11(14)15/h2-5,8,12-13H,6-7H2,1H3,(H,14,15). The Morgan fingerprint density at radius 3 is 3.06 bits per heavy atom. The van der Waals surface area contributed by atoms with Gasteiger partial charge >= 0.3 is 5.97 Å². The molecule has 0 fully saturated rings. The highest BCUT2D eigenvalue weighted by molar-refractivity contribution is 5.69. The van der Waals surface area contributed by atoms with Gasteiger partial charge in [0, 0.05) is 17.5 Å². The van der Waals surface area contributed by atoms with Crippen molar-refractivity contribution in [3.63, 3.8) is 0 Å². The molecule has 4 nitrogen and oxygen atoms in total. The third-order valence-electron chi connectivity index (χ3n) is 2.80. The first-order chi connectivity index (χ1) is 7.68. The second kappa shape index (κ2) is 4.53. The van der Waals surface area contributed by atoms with E-state index in [9.17, 15) is 4.79 Å². The van der Waals surface area contributed by atoms with Gasteiger partial charge in [0.05, 0.1) is 13.2 Å². The molecule has 0 saturated heterocycles. The van der Waals surface area contributed by atoms with Crippen LogP contribution < -0.4 is 10.1 Å². The van der Waals surface area contributed by atoms with Gasteiger partial charge in [-0.3, -0.25) is 10.1 Å². The summed E-state index contributed by atoms with van der Waals surface area (Å²) in [4.78, 5) is 10.6. The van der Waals surface area contributed by atoms with Gasteiger partial charge in [-0.15, -0.1) is 0 Å². The molecule has 0 spiro atoms. The monoisotopic (exact) mass is 221 g/mol. The van der Waals surface area contributed by atoms with E-state index in [-0.39, 0.29) is 18.5 Å². The van der Waals surface area contributed by atoms with Gasteiger partial charge in [-0.05, 0) is 6.07 Å². The zero-order valence-corrected chi connectivity index (χ0v) is 9.14. The minimum atomic E-state index is -0.837. The molecule has 2 N–H and O–H groups in total. The van der Waals surface area contributed by atoms with Gasteiger partial charge in [0.1, 0.15) is 5.75 Å². The van der Waals surface area contributed by atoms with Gasteiger partial charge in [0.2, 0.25) is 0 Å². The number of hydrogen-bond acceptors (Lipinski definition) is 3. The Labute approximate surface area is 94.2 Å². The molecule has 1 aromatic carbocycles. The molecule has 86 valence electrons. The molecule has 2 atom stereocenters. The fourth-order valence-electron chi connectivity index (χ4n) is 2.00. The molecule has 0 saturated carbocycles. The molecule has 4 heteroatoms. The van der Waals surface area contributed by atoms with E-state index >= 15 is 0 Å². The summed E-state index contributed by atoms with van der Waals surface area (Å²) >= 11 is 0. The van der Waals surface area contributed by atoms with Gasteiger partial charge in [-0.25, -0.2) is 0 Å². The molecule has 0 bridgehead atoms. The number of hydrogen-bond donors (Lipinski definition) is 2. The molecular weight excluding hydrogens is 206 g/mol. The Morgan fingerprint density at radius 2 is 2.31 bits per heavy atom. The quantitative estimate of drug-likeness (QED) is 0.810. The molecule has 1 aromatic rings. The maximum atomic E-state index is 10.6. The van der Waals surface area contributed by atoms with Gasteiger partial charge in [-0.1, -0.05) is 25.1 Å². The van der Waals surface area contributed by atoms with Crippen molar-refractivity contribution >= 4 is 5.97 Å². The van der Waals surface area contributed by atoms with Gasteiger partial charge < -0.3 is 9.84 Å². The largest absolute Gasteiger partial charge is 0.493 e. The number of carboxylic acids is 1. The van der Waals surface area contributed by atoms with Crippen LogP contribution in [0.1, 0.15) is 18.5 Å². The lowest BCUT2D eigenvalue weighted by Gasteiger charge is -2.31. The molecule has 0 aromatic heterocycles. The summed E-state index contributed by atoms with van der Waals surface area (Å²) in [6, 6.07) is 7.81. The van der Waals surface area contributed by atoms with Crippen LogP contribution in [0, 0.1) is 5.92 Å². The molecule has 16 heavy (non-hydrogen) atoms. The van der Waals surface area contributed by atoms with Crippen LogP contribution in [0.2, 0.25) is 0 Å². The second-order valence-corrected chi connectivity index (χ2v) is 4.08. The van der Waals surface area contributed by atoms with Crippen molar-refractivity contribution in [2.24, 2.45) is 5.92 Å². The highest BCUT2D eigenvalue weighted by Crippen LogP contribution is 2.34. The Morgan fingerprint density at radius 1 is 1.56 bits per heavy atom. The summed E-state index contributed by atoms with van der Waals surface area (Å²) in [6.07, 6.45) is 0. The van der Waals surface area contributed by atoms with Crippen LogP contribution in [0.5, 0.6) is 5.75 Å². The molecule has 1 aliphatic heterocycles. The summed E-state index contributed by atoms with van der Waals surface area (Å²) in [5.41, 5.74) is 1.04. The Balaban J connectivity index is 2.19. The number of nitrogens with one attached hydrogen (secondary N) is 1. The third kappa shape index (κ3) is 2.17. The van der Waals surface area contributed by atoms with Crippen molar-refractivity contribution in [2.45, 2.75) is 13.0 Å². The number of benzene rings is 1. The SMILES string of the molecule is CC1COc2ccccc2C1NCC(=O)O. The van der Waals surface area contributed by atoms with Crippen LogP contribution in [0.3, 0.4) is 0 Å². The maximum absolute atomic E-state index is 10.6. The minimum Gasteiger partial charge on any atom is -0.493 e. The fourth-order valence-corrected chi connectivity index (χ4v) is 2.00. The number of fused-ring (bicyclic) bond motifs is 1. The van der Waals surface area contributed by atoms with Crippen molar-refractivity contribution in [3.05, 3.63) is 29.8 Å². The van der Waals surface area contributed by atoms with E-state index in [1.807, 2.05) is 24.3 Å². The van der Waals surface area contributed by atoms with Crippen LogP contribution in [0.25, 0.3) is 0 Å².